The van der Waals surface area contributed by atoms with Crippen LogP contribution in [0.3, 0.4) is 0 Å². The van der Waals surface area contributed by atoms with Gasteiger partial charge in [-0.25, -0.2) is 14.0 Å². The molecule has 0 aromatic heterocycles. The summed E-state index contributed by atoms with van der Waals surface area (Å²) in [5, 5.41) is 6.11. The van der Waals surface area contributed by atoms with Crippen molar-refractivity contribution in [1.82, 2.24) is 15.1 Å². The van der Waals surface area contributed by atoms with Crippen LogP contribution in [0.4, 0.5) is 19.7 Å². The van der Waals surface area contributed by atoms with Crippen molar-refractivity contribution >= 4 is 29.4 Å². The average Bonchev–Trinajstić information content (AvgIpc) is 3.78. The van der Waals surface area contributed by atoms with Crippen molar-refractivity contribution in [3.05, 3.63) is 106 Å². The van der Waals surface area contributed by atoms with E-state index in [0.29, 0.717) is 48.1 Å². The number of hydrogen-bond donors (Lipinski definition) is 2. The summed E-state index contributed by atoms with van der Waals surface area (Å²) in [4.78, 5) is 43.8. The van der Waals surface area contributed by atoms with Gasteiger partial charge in [-0.1, -0.05) is 54.6 Å². The predicted octanol–water partition coefficient (Wildman–Crippen LogP) is 6.99. The van der Waals surface area contributed by atoms with E-state index in [4.69, 9.17) is 4.74 Å². The van der Waals surface area contributed by atoms with Gasteiger partial charge in [0.05, 0.1) is 17.3 Å². The maximum absolute atomic E-state index is 14.3. The molecule has 9 heteroatoms. The molecule has 3 aromatic rings. The minimum absolute atomic E-state index is 0.168. The first-order chi connectivity index (χ1) is 21.5. The summed E-state index contributed by atoms with van der Waals surface area (Å²) in [6.45, 7) is 8.94. The van der Waals surface area contributed by atoms with Crippen molar-refractivity contribution in [2.45, 2.75) is 58.1 Å². The second-order valence-corrected chi connectivity index (χ2v) is 13.2. The fourth-order valence-electron chi connectivity index (χ4n) is 5.87. The number of carbonyl (C=O) groups excluding carboxylic acids is 3. The van der Waals surface area contributed by atoms with Crippen molar-refractivity contribution in [2.75, 3.05) is 25.0 Å². The van der Waals surface area contributed by atoms with Gasteiger partial charge in [0.1, 0.15) is 11.4 Å². The van der Waals surface area contributed by atoms with Crippen LogP contribution < -0.4 is 10.6 Å². The molecule has 0 spiro atoms. The number of amides is 4. The molecule has 0 radical (unpaired) electrons. The van der Waals surface area contributed by atoms with Gasteiger partial charge in [-0.05, 0) is 86.9 Å². The summed E-state index contributed by atoms with van der Waals surface area (Å²) < 4.78 is 19.4. The molecule has 45 heavy (non-hydrogen) atoms. The Labute approximate surface area is 263 Å². The van der Waals surface area contributed by atoms with Crippen molar-refractivity contribution in [2.24, 2.45) is 5.92 Å². The van der Waals surface area contributed by atoms with Crippen LogP contribution in [0, 0.1) is 18.7 Å². The van der Waals surface area contributed by atoms with Crippen LogP contribution in [0.25, 0.3) is 5.70 Å². The van der Waals surface area contributed by atoms with E-state index < -0.39 is 11.6 Å². The van der Waals surface area contributed by atoms with Crippen LogP contribution in [-0.2, 0) is 9.53 Å². The smallest absolute Gasteiger partial charge is 0.410 e. The summed E-state index contributed by atoms with van der Waals surface area (Å²) in [5.41, 5.74) is 4.14. The Morgan fingerprint density at radius 1 is 0.978 bits per heavy atom. The van der Waals surface area contributed by atoms with E-state index in [1.807, 2.05) is 75.4 Å². The van der Waals surface area contributed by atoms with Gasteiger partial charge in [0.25, 0.3) is 5.91 Å². The summed E-state index contributed by atoms with van der Waals surface area (Å²) in [5.74, 6) is -0.197. The lowest BCUT2D eigenvalue weighted by molar-refractivity contribution is -0.113. The van der Waals surface area contributed by atoms with Gasteiger partial charge in [-0.2, -0.15) is 0 Å². The lowest BCUT2D eigenvalue weighted by Gasteiger charge is -2.40. The highest BCUT2D eigenvalue weighted by Crippen LogP contribution is 2.40. The number of aryl methyl sites for hydroxylation is 1. The molecule has 8 nitrogen and oxygen atoms in total. The fourth-order valence-corrected chi connectivity index (χ4v) is 5.87. The normalized spacial score (nSPS) is 18.8. The number of likely N-dealkylation sites (tertiary alicyclic amines) is 1. The van der Waals surface area contributed by atoms with Crippen LogP contribution in [-0.4, -0.2) is 53.1 Å². The Morgan fingerprint density at radius 3 is 2.27 bits per heavy atom. The molecule has 1 saturated heterocycles. The van der Waals surface area contributed by atoms with Crippen LogP contribution in [0.5, 0.6) is 0 Å². The zero-order chi connectivity index (χ0) is 31.9. The zero-order valence-electron chi connectivity index (χ0n) is 26.1. The van der Waals surface area contributed by atoms with Crippen LogP contribution in [0.15, 0.2) is 78.4 Å². The van der Waals surface area contributed by atoms with Gasteiger partial charge in [0, 0.05) is 31.2 Å². The number of carbonyl (C=O) groups is 3. The predicted molar refractivity (Wildman–Crippen MR) is 171 cm³/mol. The maximum Gasteiger partial charge on any atom is 0.410 e. The van der Waals surface area contributed by atoms with Crippen molar-refractivity contribution in [1.29, 1.82) is 0 Å². The van der Waals surface area contributed by atoms with E-state index in [-0.39, 0.29) is 29.8 Å². The van der Waals surface area contributed by atoms with Gasteiger partial charge in [-0.3, -0.25) is 9.69 Å². The van der Waals surface area contributed by atoms with E-state index in [1.165, 1.54) is 12.1 Å². The molecular formula is C36H39FN4O4. The lowest BCUT2D eigenvalue weighted by atomic mass is 9.87. The van der Waals surface area contributed by atoms with Crippen LogP contribution in [0.1, 0.15) is 67.8 Å². The quantitative estimate of drug-likeness (QED) is 0.302. The monoisotopic (exact) mass is 610 g/mol. The van der Waals surface area contributed by atoms with E-state index >= 15 is 0 Å². The summed E-state index contributed by atoms with van der Waals surface area (Å²) in [6.07, 6.45) is 1.76. The third-order valence-corrected chi connectivity index (χ3v) is 8.47. The molecule has 1 saturated carbocycles. The molecule has 234 valence electrons. The van der Waals surface area contributed by atoms with E-state index in [2.05, 4.69) is 10.6 Å². The Kier molecular flexibility index (Phi) is 8.12. The number of halogens is 1. The fraction of sp³-hybridized carbons (Fsp3) is 0.361. The topological polar surface area (TPSA) is 91.0 Å². The Morgan fingerprint density at radius 2 is 1.64 bits per heavy atom. The highest BCUT2D eigenvalue weighted by Gasteiger charge is 2.41. The Bertz CT molecular complexity index is 1640. The Hall–Kier alpha value is -4.66. The molecule has 2 aliphatic heterocycles. The molecule has 1 unspecified atom stereocenters. The van der Waals surface area contributed by atoms with Crippen molar-refractivity contribution < 1.29 is 23.5 Å². The summed E-state index contributed by atoms with van der Waals surface area (Å²) in [7, 11) is 0. The standard InChI is InChI=1S/C36H39FN4O4/c1-22-18-28(37)16-17-29(22)38-33(42)30-31(39-34(43)41(19-23-10-11-23)32(30)26-8-6-5-7-9-26)25-14-12-24(13-15-25)27-20-40(21-27)35(44)45-36(2,3)4/h5-9,12-18,23,27,31H,10-11,19-21H2,1-4H3,(H,38,42)(H,39,43). The largest absolute Gasteiger partial charge is 0.444 e. The van der Waals surface area contributed by atoms with Gasteiger partial charge < -0.3 is 20.3 Å². The number of nitrogens with zero attached hydrogens (tertiary/aromatic N) is 2. The first-order valence-electron chi connectivity index (χ1n) is 15.5. The molecule has 2 fully saturated rings. The van der Waals surface area contributed by atoms with E-state index in [0.717, 1.165) is 29.5 Å². The van der Waals surface area contributed by atoms with Crippen LogP contribution in [0.2, 0.25) is 0 Å². The Balaban J connectivity index is 1.34. The van der Waals surface area contributed by atoms with Gasteiger partial charge in [0.15, 0.2) is 0 Å². The van der Waals surface area contributed by atoms with E-state index in [9.17, 15) is 18.8 Å². The molecule has 2 heterocycles. The van der Waals surface area contributed by atoms with Gasteiger partial charge in [-0.15, -0.1) is 0 Å². The summed E-state index contributed by atoms with van der Waals surface area (Å²) in [6, 6.07) is 20.7. The first-order valence-corrected chi connectivity index (χ1v) is 15.5. The molecular weight excluding hydrogens is 571 g/mol. The molecule has 3 aliphatic rings. The maximum atomic E-state index is 14.3. The SMILES string of the molecule is Cc1cc(F)ccc1NC(=O)C1=C(c2ccccc2)N(CC2CC2)C(=O)NC1c1ccc(C2CN(C(=O)OC(C)(C)C)C2)cc1. The second kappa shape index (κ2) is 12.0. The summed E-state index contributed by atoms with van der Waals surface area (Å²) >= 11 is 0. The molecule has 4 amide bonds. The van der Waals surface area contributed by atoms with Crippen molar-refractivity contribution in [3.63, 3.8) is 0 Å². The number of ether oxygens (including phenoxy) is 1. The molecule has 2 N–H and O–H groups in total. The highest BCUT2D eigenvalue weighted by molar-refractivity contribution is 6.12. The molecule has 1 aliphatic carbocycles. The average molecular weight is 611 g/mol. The van der Waals surface area contributed by atoms with Crippen LogP contribution >= 0.6 is 0 Å². The molecule has 6 rings (SSSR count). The third kappa shape index (κ3) is 6.72. The molecule has 3 aromatic carbocycles. The minimum Gasteiger partial charge on any atom is -0.444 e. The zero-order valence-corrected chi connectivity index (χ0v) is 26.1. The number of urea groups is 1. The van der Waals surface area contributed by atoms with Crippen molar-refractivity contribution in [3.8, 4) is 0 Å². The third-order valence-electron chi connectivity index (χ3n) is 8.47. The number of nitrogens with one attached hydrogen (secondary N) is 2. The highest BCUT2D eigenvalue weighted by atomic mass is 19.1. The first kappa shape index (κ1) is 30.4. The van der Waals surface area contributed by atoms with E-state index in [1.54, 1.807) is 22.8 Å². The number of anilines is 1. The second-order valence-electron chi connectivity index (χ2n) is 13.2. The number of rotatable bonds is 7. The van der Waals surface area contributed by atoms with Gasteiger partial charge in [0.2, 0.25) is 0 Å². The minimum atomic E-state index is -0.724. The van der Waals surface area contributed by atoms with Gasteiger partial charge >= 0.3 is 12.1 Å². The number of hydrogen-bond acceptors (Lipinski definition) is 4. The lowest BCUT2D eigenvalue weighted by Crippen LogP contribution is -2.50. The molecule has 0 bridgehead atoms. The molecule has 1 atom stereocenters. The number of benzene rings is 3.